The summed E-state index contributed by atoms with van der Waals surface area (Å²) in [5.41, 5.74) is 2.61. The Bertz CT molecular complexity index is 811. The summed E-state index contributed by atoms with van der Waals surface area (Å²) in [6.07, 6.45) is 1.29. The topological polar surface area (TPSA) is 105 Å². The van der Waals surface area contributed by atoms with Crippen molar-refractivity contribution in [2.45, 2.75) is 0 Å². The van der Waals surface area contributed by atoms with Gasteiger partial charge in [-0.25, -0.2) is 5.43 Å². The van der Waals surface area contributed by atoms with E-state index in [9.17, 15) is 20.0 Å². The lowest BCUT2D eigenvalue weighted by molar-refractivity contribution is -0.384. The number of phenols is 1. The van der Waals surface area contributed by atoms with E-state index in [1.54, 1.807) is 12.1 Å². The van der Waals surface area contributed by atoms with E-state index in [2.05, 4.69) is 26.5 Å². The molecule has 118 valence electrons. The van der Waals surface area contributed by atoms with Gasteiger partial charge in [0.1, 0.15) is 5.75 Å². The molecule has 0 radical (unpaired) electrons. The number of hydrogen-bond donors (Lipinski definition) is 2. The van der Waals surface area contributed by atoms with Crippen molar-refractivity contribution in [3.63, 3.8) is 0 Å². The van der Waals surface area contributed by atoms with Gasteiger partial charge in [-0.2, -0.15) is 5.10 Å². The molecular weight excluding hydrogens is 481 g/mol. The van der Waals surface area contributed by atoms with Crippen LogP contribution in [0.5, 0.6) is 5.75 Å². The molecule has 2 rings (SSSR count). The summed E-state index contributed by atoms with van der Waals surface area (Å²) in [5.74, 6) is -0.545. The van der Waals surface area contributed by atoms with Crippen LogP contribution in [0.2, 0.25) is 0 Å². The number of nitrogens with zero attached hydrogens (tertiary/aromatic N) is 2. The SMILES string of the molecule is O=C(N/N=C/c1cc(Br)cc(I)c1O)c1cccc([N+](=O)[O-])c1. The van der Waals surface area contributed by atoms with Gasteiger partial charge in [0.2, 0.25) is 0 Å². The zero-order valence-electron chi connectivity index (χ0n) is 11.4. The maximum absolute atomic E-state index is 11.9. The van der Waals surface area contributed by atoms with Crippen molar-refractivity contribution < 1.29 is 14.8 Å². The van der Waals surface area contributed by atoms with Crippen molar-refractivity contribution in [2.75, 3.05) is 0 Å². The standard InChI is InChI=1S/C14H9BrIN3O4/c15-10-4-9(13(20)12(16)6-10)7-17-18-14(21)8-2-1-3-11(5-8)19(22)23/h1-7,20H,(H,18,21)/b17-7+. The minimum absolute atomic E-state index is 0.0437. The van der Waals surface area contributed by atoms with Crippen LogP contribution in [0.25, 0.3) is 0 Å². The fourth-order valence-electron chi connectivity index (χ4n) is 1.67. The lowest BCUT2D eigenvalue weighted by Crippen LogP contribution is -2.17. The molecule has 0 aromatic heterocycles. The average molecular weight is 490 g/mol. The van der Waals surface area contributed by atoms with Crippen LogP contribution >= 0.6 is 38.5 Å². The summed E-state index contributed by atoms with van der Waals surface area (Å²) in [4.78, 5) is 22.0. The molecule has 7 nitrogen and oxygen atoms in total. The Balaban J connectivity index is 2.13. The number of hydrazone groups is 1. The molecule has 2 N–H and O–H groups in total. The number of aromatic hydroxyl groups is 1. The van der Waals surface area contributed by atoms with Crippen LogP contribution in [-0.4, -0.2) is 22.2 Å². The second-order valence-electron chi connectivity index (χ2n) is 4.33. The predicted octanol–water partition coefficient (Wildman–Crippen LogP) is 3.43. The number of halogens is 2. The average Bonchev–Trinajstić information content (AvgIpc) is 2.51. The smallest absolute Gasteiger partial charge is 0.271 e. The maximum Gasteiger partial charge on any atom is 0.271 e. The van der Waals surface area contributed by atoms with E-state index in [-0.39, 0.29) is 17.0 Å². The van der Waals surface area contributed by atoms with Crippen molar-refractivity contribution in [1.82, 2.24) is 5.43 Å². The maximum atomic E-state index is 11.9. The van der Waals surface area contributed by atoms with Crippen LogP contribution in [0.15, 0.2) is 46.0 Å². The zero-order chi connectivity index (χ0) is 17.0. The molecule has 9 heteroatoms. The molecule has 0 atom stereocenters. The lowest BCUT2D eigenvalue weighted by Gasteiger charge is -2.03. The number of nitrogens with one attached hydrogen (secondary N) is 1. The number of benzene rings is 2. The highest BCUT2D eigenvalue weighted by molar-refractivity contribution is 14.1. The Labute approximate surface area is 152 Å². The first kappa shape index (κ1) is 17.3. The van der Waals surface area contributed by atoms with Gasteiger partial charge < -0.3 is 5.11 Å². The highest BCUT2D eigenvalue weighted by Gasteiger charge is 2.11. The summed E-state index contributed by atoms with van der Waals surface area (Å²) in [6.45, 7) is 0. The number of phenolic OH excluding ortho intramolecular Hbond substituents is 1. The minimum atomic E-state index is -0.589. The molecule has 2 aromatic carbocycles. The van der Waals surface area contributed by atoms with Gasteiger partial charge in [0.15, 0.2) is 0 Å². The Hall–Kier alpha value is -2.01. The number of amides is 1. The minimum Gasteiger partial charge on any atom is -0.506 e. The summed E-state index contributed by atoms with van der Waals surface area (Å²) >= 11 is 5.26. The van der Waals surface area contributed by atoms with E-state index < -0.39 is 10.8 Å². The lowest BCUT2D eigenvalue weighted by atomic mass is 10.2. The number of non-ortho nitro benzene ring substituents is 1. The van der Waals surface area contributed by atoms with E-state index in [1.807, 2.05) is 22.6 Å². The molecule has 0 aliphatic rings. The van der Waals surface area contributed by atoms with Gasteiger partial charge in [0.05, 0.1) is 14.7 Å². The van der Waals surface area contributed by atoms with E-state index >= 15 is 0 Å². The summed E-state index contributed by atoms with van der Waals surface area (Å²) in [7, 11) is 0. The number of nitro benzene ring substituents is 1. The molecule has 0 saturated carbocycles. The first-order valence-electron chi connectivity index (χ1n) is 6.14. The molecule has 0 unspecified atom stereocenters. The van der Waals surface area contributed by atoms with Crippen molar-refractivity contribution in [1.29, 1.82) is 0 Å². The normalized spacial score (nSPS) is 10.7. The van der Waals surface area contributed by atoms with Crippen LogP contribution in [0.1, 0.15) is 15.9 Å². The fraction of sp³-hybridized carbons (Fsp3) is 0. The molecule has 23 heavy (non-hydrogen) atoms. The van der Waals surface area contributed by atoms with Crippen LogP contribution in [0, 0.1) is 13.7 Å². The number of hydrogen-bond acceptors (Lipinski definition) is 5. The Kier molecular flexibility index (Phi) is 5.66. The van der Waals surface area contributed by atoms with Crippen molar-refractivity contribution >= 4 is 56.3 Å². The molecule has 0 aliphatic carbocycles. The first-order valence-corrected chi connectivity index (χ1v) is 8.01. The van der Waals surface area contributed by atoms with E-state index in [0.717, 1.165) is 10.5 Å². The fourth-order valence-corrected chi connectivity index (χ4v) is 3.22. The quantitative estimate of drug-likeness (QED) is 0.297. The highest BCUT2D eigenvalue weighted by atomic mass is 127. The molecule has 0 aliphatic heterocycles. The molecule has 0 fully saturated rings. The largest absolute Gasteiger partial charge is 0.506 e. The van der Waals surface area contributed by atoms with Crippen molar-refractivity contribution in [2.24, 2.45) is 5.10 Å². The van der Waals surface area contributed by atoms with Gasteiger partial charge in [-0.05, 0) is 40.8 Å². The van der Waals surface area contributed by atoms with Crippen LogP contribution < -0.4 is 5.43 Å². The number of rotatable bonds is 4. The van der Waals surface area contributed by atoms with Crippen molar-refractivity contribution in [3.8, 4) is 5.75 Å². The van der Waals surface area contributed by atoms with Gasteiger partial charge in [0, 0.05) is 27.7 Å². The predicted molar refractivity (Wildman–Crippen MR) is 96.7 cm³/mol. The number of carbonyl (C=O) groups is 1. The molecule has 0 saturated heterocycles. The Morgan fingerprint density at radius 3 is 2.83 bits per heavy atom. The van der Waals surface area contributed by atoms with Gasteiger partial charge in [-0.3, -0.25) is 14.9 Å². The highest BCUT2D eigenvalue weighted by Crippen LogP contribution is 2.27. The molecule has 2 aromatic rings. The first-order chi connectivity index (χ1) is 10.9. The third-order valence-corrected chi connectivity index (χ3v) is 4.03. The number of nitro groups is 1. The summed E-state index contributed by atoms with van der Waals surface area (Å²) in [6, 6.07) is 8.68. The van der Waals surface area contributed by atoms with Crippen LogP contribution in [0.4, 0.5) is 5.69 Å². The third-order valence-electron chi connectivity index (χ3n) is 2.75. The third kappa shape index (κ3) is 4.48. The van der Waals surface area contributed by atoms with Gasteiger partial charge in [-0.1, -0.05) is 22.0 Å². The zero-order valence-corrected chi connectivity index (χ0v) is 15.1. The van der Waals surface area contributed by atoms with E-state index in [1.165, 1.54) is 24.4 Å². The van der Waals surface area contributed by atoms with E-state index in [0.29, 0.717) is 9.13 Å². The Morgan fingerprint density at radius 2 is 2.13 bits per heavy atom. The second kappa shape index (κ2) is 7.51. The Morgan fingerprint density at radius 1 is 1.39 bits per heavy atom. The molecule has 1 amide bonds. The van der Waals surface area contributed by atoms with Gasteiger partial charge >= 0.3 is 0 Å². The monoisotopic (exact) mass is 489 g/mol. The van der Waals surface area contributed by atoms with Gasteiger partial charge in [-0.15, -0.1) is 0 Å². The van der Waals surface area contributed by atoms with Crippen molar-refractivity contribution in [3.05, 3.63) is 65.7 Å². The molecule has 0 heterocycles. The summed E-state index contributed by atoms with van der Waals surface area (Å²) < 4.78 is 1.38. The summed E-state index contributed by atoms with van der Waals surface area (Å²) in [5, 5.41) is 24.3. The van der Waals surface area contributed by atoms with Gasteiger partial charge in [0.25, 0.3) is 11.6 Å². The van der Waals surface area contributed by atoms with Crippen LogP contribution in [0.3, 0.4) is 0 Å². The molecular formula is C14H9BrIN3O4. The van der Waals surface area contributed by atoms with E-state index in [4.69, 9.17) is 0 Å². The molecule has 0 spiro atoms. The number of carbonyl (C=O) groups excluding carboxylic acids is 1. The molecule has 0 bridgehead atoms. The van der Waals surface area contributed by atoms with Crippen LogP contribution in [-0.2, 0) is 0 Å². The second-order valence-corrected chi connectivity index (χ2v) is 6.41.